The Morgan fingerprint density at radius 1 is 1.32 bits per heavy atom. The highest BCUT2D eigenvalue weighted by molar-refractivity contribution is 5.88. The fourth-order valence-electron chi connectivity index (χ4n) is 2.28. The predicted molar refractivity (Wildman–Crippen MR) is 87.7 cm³/mol. The van der Waals surface area contributed by atoms with E-state index in [4.69, 9.17) is 0 Å². The topological polar surface area (TPSA) is 74.8 Å². The number of hydrogen-bond acceptors (Lipinski definition) is 4. The van der Waals surface area contributed by atoms with Crippen LogP contribution in [0, 0.1) is 0 Å². The first-order chi connectivity index (χ1) is 10.5. The Morgan fingerprint density at radius 2 is 2.00 bits per heavy atom. The fourth-order valence-corrected chi connectivity index (χ4v) is 2.28. The van der Waals surface area contributed by atoms with Crippen molar-refractivity contribution in [2.45, 2.75) is 27.2 Å². The molecule has 0 saturated heterocycles. The van der Waals surface area contributed by atoms with Crippen LogP contribution < -0.4 is 10.9 Å². The average molecular weight is 297 g/mol. The van der Waals surface area contributed by atoms with Crippen LogP contribution in [0.25, 0.3) is 11.1 Å². The molecule has 2 heterocycles. The number of H-pyrrole nitrogens is 1. The van der Waals surface area contributed by atoms with E-state index in [1.165, 1.54) is 13.0 Å². The maximum Gasteiger partial charge on any atom is 0.271 e. The van der Waals surface area contributed by atoms with Gasteiger partial charge in [-0.1, -0.05) is 6.92 Å². The van der Waals surface area contributed by atoms with E-state index in [0.717, 1.165) is 23.2 Å². The van der Waals surface area contributed by atoms with Gasteiger partial charge >= 0.3 is 0 Å². The molecule has 2 aromatic heterocycles. The van der Waals surface area contributed by atoms with Gasteiger partial charge in [-0.3, -0.25) is 14.6 Å². The molecule has 114 valence electrons. The van der Waals surface area contributed by atoms with Gasteiger partial charge in [0.15, 0.2) is 5.78 Å². The van der Waals surface area contributed by atoms with Crippen molar-refractivity contribution in [3.8, 4) is 11.1 Å². The zero-order valence-electron chi connectivity index (χ0n) is 12.9. The second-order valence-corrected chi connectivity index (χ2v) is 5.06. The summed E-state index contributed by atoms with van der Waals surface area (Å²) in [5.41, 5.74) is 3.64. The maximum absolute atomic E-state index is 12.2. The first-order valence-electron chi connectivity index (χ1n) is 7.13. The fraction of sp³-hybridized carbons (Fsp3) is 0.235. The summed E-state index contributed by atoms with van der Waals surface area (Å²) in [4.78, 5) is 30.2. The van der Waals surface area contributed by atoms with Gasteiger partial charge in [0.05, 0.1) is 0 Å². The molecular weight excluding hydrogens is 278 g/mol. The summed E-state index contributed by atoms with van der Waals surface area (Å²) in [6, 6.07) is 5.61. The predicted octanol–water partition coefficient (Wildman–Crippen LogP) is 2.90. The molecule has 5 nitrogen and oxygen atoms in total. The van der Waals surface area contributed by atoms with E-state index in [1.54, 1.807) is 19.3 Å². The molecule has 0 bridgehead atoms. The molecule has 2 N–H and O–H groups in total. The van der Waals surface area contributed by atoms with Crippen molar-refractivity contribution in [1.82, 2.24) is 9.97 Å². The van der Waals surface area contributed by atoms with Crippen molar-refractivity contribution < 1.29 is 4.79 Å². The number of ketones is 1. The lowest BCUT2D eigenvalue weighted by Gasteiger charge is -2.12. The van der Waals surface area contributed by atoms with Crippen LogP contribution in [0.4, 0.5) is 5.69 Å². The molecule has 0 atom stereocenters. The summed E-state index contributed by atoms with van der Waals surface area (Å²) in [6.07, 6.45) is 5.61. The van der Waals surface area contributed by atoms with Crippen LogP contribution in [0.1, 0.15) is 26.5 Å². The highest BCUT2D eigenvalue weighted by atomic mass is 16.1. The van der Waals surface area contributed by atoms with Gasteiger partial charge < -0.3 is 10.3 Å². The van der Waals surface area contributed by atoms with E-state index >= 15 is 0 Å². The number of aromatic nitrogens is 2. The van der Waals surface area contributed by atoms with Gasteiger partial charge in [0.1, 0.15) is 5.69 Å². The molecule has 2 aromatic rings. The minimum Gasteiger partial charge on any atom is -0.355 e. The van der Waals surface area contributed by atoms with Crippen molar-refractivity contribution in [2.75, 3.05) is 5.32 Å². The van der Waals surface area contributed by atoms with Crippen LogP contribution in [0.2, 0.25) is 0 Å². The minimum atomic E-state index is -0.203. The summed E-state index contributed by atoms with van der Waals surface area (Å²) < 4.78 is 0. The molecule has 22 heavy (non-hydrogen) atoms. The molecule has 2 rings (SSSR count). The number of anilines is 1. The van der Waals surface area contributed by atoms with Gasteiger partial charge in [-0.05, 0) is 50.1 Å². The number of aryl methyl sites for hydroxylation is 1. The number of pyridine rings is 2. The van der Waals surface area contributed by atoms with Crippen LogP contribution in [0.15, 0.2) is 47.2 Å². The van der Waals surface area contributed by atoms with Gasteiger partial charge in [-0.25, -0.2) is 0 Å². The molecule has 0 fully saturated rings. The van der Waals surface area contributed by atoms with Crippen molar-refractivity contribution in [3.63, 3.8) is 0 Å². The van der Waals surface area contributed by atoms with Crippen LogP contribution in [-0.2, 0) is 11.2 Å². The zero-order valence-corrected chi connectivity index (χ0v) is 12.9. The van der Waals surface area contributed by atoms with Gasteiger partial charge in [0.25, 0.3) is 5.56 Å². The summed E-state index contributed by atoms with van der Waals surface area (Å²) in [5, 5.41) is 2.98. The molecule has 0 unspecified atom stereocenters. The normalized spacial score (nSPS) is 11.3. The number of allylic oxidation sites excluding steroid dienone is 2. The summed E-state index contributed by atoms with van der Waals surface area (Å²) >= 11 is 0. The Balaban J connectivity index is 2.49. The highest BCUT2D eigenvalue weighted by Crippen LogP contribution is 2.24. The molecule has 0 spiro atoms. The number of rotatable bonds is 5. The van der Waals surface area contributed by atoms with Crippen LogP contribution >= 0.6 is 0 Å². The van der Waals surface area contributed by atoms with E-state index in [-0.39, 0.29) is 11.3 Å². The lowest BCUT2D eigenvalue weighted by atomic mass is 10.0. The number of nitrogens with one attached hydrogen (secondary N) is 2. The molecule has 0 aliphatic heterocycles. The highest BCUT2D eigenvalue weighted by Gasteiger charge is 2.09. The molecule has 5 heteroatoms. The van der Waals surface area contributed by atoms with Gasteiger partial charge in [-0.15, -0.1) is 0 Å². The van der Waals surface area contributed by atoms with Gasteiger partial charge in [-0.2, -0.15) is 0 Å². The standard InChI is InChI=1S/C17H19N3O2/c1-4-15-14(13-5-7-18-8-6-13)10-16(17(22)20-15)19-11(2)9-12(3)21/h5-10,19H,4H2,1-3H3,(H,20,22)/b11-9+. The van der Waals surface area contributed by atoms with Crippen LogP contribution in [0.3, 0.4) is 0 Å². The van der Waals surface area contributed by atoms with E-state index in [9.17, 15) is 9.59 Å². The summed E-state index contributed by atoms with van der Waals surface area (Å²) in [5.74, 6) is -0.0686. The third-order valence-electron chi connectivity index (χ3n) is 3.22. The number of nitrogens with zero attached hydrogens (tertiary/aromatic N) is 1. The average Bonchev–Trinajstić information content (AvgIpc) is 2.49. The Kier molecular flexibility index (Phi) is 4.88. The first kappa shape index (κ1) is 15.7. The quantitative estimate of drug-likeness (QED) is 0.832. The Morgan fingerprint density at radius 3 is 2.59 bits per heavy atom. The number of hydrogen-bond donors (Lipinski definition) is 2. The Bertz CT molecular complexity index is 761. The van der Waals surface area contributed by atoms with Crippen molar-refractivity contribution in [3.05, 3.63) is 58.4 Å². The van der Waals surface area contributed by atoms with Crippen LogP contribution in [-0.4, -0.2) is 15.8 Å². The molecule has 0 radical (unpaired) electrons. The zero-order chi connectivity index (χ0) is 16.1. The second-order valence-electron chi connectivity index (χ2n) is 5.06. The Hall–Kier alpha value is -2.69. The molecule has 0 amide bonds. The summed E-state index contributed by atoms with van der Waals surface area (Å²) in [6.45, 7) is 5.21. The maximum atomic E-state index is 12.2. The van der Waals surface area contributed by atoms with Crippen molar-refractivity contribution in [2.24, 2.45) is 0 Å². The van der Waals surface area contributed by atoms with E-state index in [1.807, 2.05) is 25.1 Å². The number of carbonyl (C=O) groups is 1. The Labute approximate surface area is 129 Å². The smallest absolute Gasteiger partial charge is 0.271 e. The molecular formula is C17H19N3O2. The molecule has 0 saturated carbocycles. The van der Waals surface area contributed by atoms with E-state index in [0.29, 0.717) is 11.4 Å². The number of carbonyl (C=O) groups excluding carboxylic acids is 1. The van der Waals surface area contributed by atoms with Crippen LogP contribution in [0.5, 0.6) is 0 Å². The van der Waals surface area contributed by atoms with Crippen molar-refractivity contribution >= 4 is 11.5 Å². The van der Waals surface area contributed by atoms with Crippen molar-refractivity contribution in [1.29, 1.82) is 0 Å². The third kappa shape index (κ3) is 3.69. The second kappa shape index (κ2) is 6.85. The molecule has 0 aromatic carbocycles. The molecule has 0 aliphatic rings. The minimum absolute atomic E-state index is 0.0686. The lowest BCUT2D eigenvalue weighted by Crippen LogP contribution is -2.16. The number of aromatic amines is 1. The van der Waals surface area contributed by atoms with Gasteiger partial charge in [0.2, 0.25) is 0 Å². The lowest BCUT2D eigenvalue weighted by molar-refractivity contribution is -0.112. The monoisotopic (exact) mass is 297 g/mol. The largest absolute Gasteiger partial charge is 0.355 e. The van der Waals surface area contributed by atoms with E-state index < -0.39 is 0 Å². The molecule has 0 aliphatic carbocycles. The SMILES string of the molecule is CCc1[nH]c(=O)c(N/C(C)=C/C(C)=O)cc1-c1ccncc1. The van der Waals surface area contributed by atoms with Gasteiger partial charge in [0, 0.05) is 29.3 Å². The third-order valence-corrected chi connectivity index (χ3v) is 3.22. The first-order valence-corrected chi connectivity index (χ1v) is 7.13. The summed E-state index contributed by atoms with van der Waals surface area (Å²) in [7, 11) is 0. The van der Waals surface area contributed by atoms with E-state index in [2.05, 4.69) is 15.3 Å².